The summed E-state index contributed by atoms with van der Waals surface area (Å²) in [5, 5.41) is 27.8. The molecule has 1 aliphatic heterocycles. The highest BCUT2D eigenvalue weighted by Crippen LogP contribution is 2.38. The zero-order valence-electron chi connectivity index (χ0n) is 12.7. The van der Waals surface area contributed by atoms with E-state index in [0.717, 1.165) is 10.9 Å². The second kappa shape index (κ2) is 5.85. The molecule has 1 amide bonds. The highest BCUT2D eigenvalue weighted by Gasteiger charge is 2.61. The molecule has 1 atom stereocenters. The van der Waals surface area contributed by atoms with E-state index in [1.807, 2.05) is 0 Å². The van der Waals surface area contributed by atoms with Crippen LogP contribution in [0.2, 0.25) is 0 Å². The highest BCUT2D eigenvalue weighted by atomic mass is 19.4. The van der Waals surface area contributed by atoms with E-state index in [-0.39, 0.29) is 28.6 Å². The van der Waals surface area contributed by atoms with Gasteiger partial charge in [-0.2, -0.15) is 28.4 Å². The van der Waals surface area contributed by atoms with Gasteiger partial charge in [0.1, 0.15) is 11.4 Å². The lowest BCUT2D eigenvalue weighted by atomic mass is 10.1. The van der Waals surface area contributed by atoms with Gasteiger partial charge in [-0.15, -0.1) is 0 Å². The van der Waals surface area contributed by atoms with E-state index in [2.05, 4.69) is 10.2 Å². The summed E-state index contributed by atoms with van der Waals surface area (Å²) >= 11 is 0. The highest BCUT2D eigenvalue weighted by molar-refractivity contribution is 5.80. The minimum atomic E-state index is -5.06. The lowest BCUT2D eigenvalue weighted by Crippen LogP contribution is -2.56. The second-order valence-corrected chi connectivity index (χ2v) is 5.27. The molecular weight excluding hydrogens is 335 g/mol. The summed E-state index contributed by atoms with van der Waals surface area (Å²) in [6.07, 6.45) is -5.57. The molecule has 0 saturated heterocycles. The number of carbonyl (C=O) groups is 1. The number of alkyl halides is 3. The molecule has 2 heterocycles. The fourth-order valence-corrected chi connectivity index (χ4v) is 2.42. The number of aliphatic hydroxyl groups is 1. The minimum Gasteiger partial charge on any atom is -0.362 e. The van der Waals surface area contributed by atoms with Gasteiger partial charge in [-0.25, -0.2) is 0 Å². The molecule has 0 fully saturated rings. The van der Waals surface area contributed by atoms with Crippen LogP contribution in [0.25, 0.3) is 0 Å². The predicted octanol–water partition coefficient (Wildman–Crippen LogP) is 1.27. The molecule has 0 saturated carbocycles. The zero-order valence-corrected chi connectivity index (χ0v) is 12.7. The van der Waals surface area contributed by atoms with E-state index in [1.165, 1.54) is 13.8 Å². The molecular formula is C12H14F3N5O4. The van der Waals surface area contributed by atoms with Gasteiger partial charge in [0.05, 0.1) is 11.5 Å². The summed E-state index contributed by atoms with van der Waals surface area (Å²) in [5.41, 5.74) is -3.27. The van der Waals surface area contributed by atoms with E-state index in [4.69, 9.17) is 0 Å². The number of nitrogens with zero attached hydrogens (tertiary/aromatic N) is 5. The Hall–Kier alpha value is -2.50. The quantitative estimate of drug-likeness (QED) is 0.649. The lowest BCUT2D eigenvalue weighted by Gasteiger charge is -2.32. The molecule has 2 rings (SSSR count). The summed E-state index contributed by atoms with van der Waals surface area (Å²) in [4.78, 5) is 22.3. The summed E-state index contributed by atoms with van der Waals surface area (Å²) < 4.78 is 39.9. The molecule has 0 radical (unpaired) electrons. The van der Waals surface area contributed by atoms with Crippen LogP contribution >= 0.6 is 0 Å². The third kappa shape index (κ3) is 2.84. The number of hydrazone groups is 1. The SMILES string of the molecule is Cc1nn(CCC(=O)N2N=CC[C@]2(O)C(F)(F)F)c(C)c1[N+](=O)[O-]. The number of carbonyl (C=O) groups excluding carboxylic acids is 1. The van der Waals surface area contributed by atoms with Gasteiger partial charge in [0.25, 0.3) is 5.72 Å². The van der Waals surface area contributed by atoms with Crippen molar-refractivity contribution in [2.24, 2.45) is 5.10 Å². The standard InChI is InChI=1S/C12H14F3N5O4/c1-7-10(20(23)24)8(2)18(17-7)6-3-9(21)19-11(22,4-5-16-19)12(13,14)15/h5,22H,3-4,6H2,1-2H3/t11-/m0/s1. The van der Waals surface area contributed by atoms with Crippen molar-refractivity contribution in [2.75, 3.05) is 0 Å². The van der Waals surface area contributed by atoms with Crippen LogP contribution in [-0.4, -0.2) is 48.8 Å². The van der Waals surface area contributed by atoms with Crippen molar-refractivity contribution in [2.45, 2.75) is 45.1 Å². The van der Waals surface area contributed by atoms with Crippen LogP contribution in [0.5, 0.6) is 0 Å². The molecule has 12 heteroatoms. The summed E-state index contributed by atoms with van der Waals surface area (Å²) in [6.45, 7) is 2.65. The average Bonchev–Trinajstić information content (AvgIpc) is 2.97. The Labute approximate surface area is 133 Å². The molecule has 0 bridgehead atoms. The van der Waals surface area contributed by atoms with Crippen LogP contribution in [0, 0.1) is 24.0 Å². The summed E-state index contributed by atoms with van der Waals surface area (Å²) in [5.74, 6) is -1.07. The first-order valence-electron chi connectivity index (χ1n) is 6.82. The molecule has 24 heavy (non-hydrogen) atoms. The van der Waals surface area contributed by atoms with Crippen molar-refractivity contribution < 1.29 is 28.0 Å². The predicted molar refractivity (Wildman–Crippen MR) is 73.9 cm³/mol. The Bertz CT molecular complexity index is 714. The number of nitro groups is 1. The van der Waals surface area contributed by atoms with Gasteiger partial charge in [0.2, 0.25) is 5.91 Å². The number of aryl methyl sites for hydroxylation is 2. The van der Waals surface area contributed by atoms with Gasteiger partial charge in [0.15, 0.2) is 0 Å². The smallest absolute Gasteiger partial charge is 0.362 e. The van der Waals surface area contributed by atoms with Crippen molar-refractivity contribution >= 4 is 17.8 Å². The van der Waals surface area contributed by atoms with Gasteiger partial charge in [-0.1, -0.05) is 0 Å². The maximum Gasteiger partial charge on any atom is 0.438 e. The molecule has 132 valence electrons. The molecule has 1 aromatic rings. The van der Waals surface area contributed by atoms with Crippen molar-refractivity contribution in [1.82, 2.24) is 14.8 Å². The lowest BCUT2D eigenvalue weighted by molar-refractivity contribution is -0.386. The van der Waals surface area contributed by atoms with Crippen LogP contribution < -0.4 is 0 Å². The largest absolute Gasteiger partial charge is 0.438 e. The van der Waals surface area contributed by atoms with Crippen molar-refractivity contribution in [3.05, 3.63) is 21.5 Å². The monoisotopic (exact) mass is 349 g/mol. The third-order valence-electron chi connectivity index (χ3n) is 3.68. The Kier molecular flexibility index (Phi) is 4.35. The molecule has 0 spiro atoms. The first-order chi connectivity index (χ1) is 11.0. The average molecular weight is 349 g/mol. The first-order valence-corrected chi connectivity index (χ1v) is 6.82. The Balaban J connectivity index is 2.13. The molecule has 0 aliphatic carbocycles. The van der Waals surface area contributed by atoms with Gasteiger partial charge in [-0.05, 0) is 13.8 Å². The molecule has 1 N–H and O–H groups in total. The van der Waals surface area contributed by atoms with E-state index >= 15 is 0 Å². The third-order valence-corrected chi connectivity index (χ3v) is 3.68. The normalized spacial score (nSPS) is 20.7. The zero-order chi connectivity index (χ0) is 18.3. The van der Waals surface area contributed by atoms with Crippen molar-refractivity contribution in [3.8, 4) is 0 Å². The first kappa shape index (κ1) is 17.8. The van der Waals surface area contributed by atoms with Crippen LogP contribution in [0.4, 0.5) is 18.9 Å². The van der Waals surface area contributed by atoms with Crippen LogP contribution in [0.3, 0.4) is 0 Å². The number of rotatable bonds is 4. The fraction of sp³-hybridized carbons (Fsp3) is 0.583. The van der Waals surface area contributed by atoms with Gasteiger partial charge < -0.3 is 5.11 Å². The van der Waals surface area contributed by atoms with E-state index < -0.39 is 35.6 Å². The van der Waals surface area contributed by atoms with Gasteiger partial charge in [0, 0.05) is 19.1 Å². The number of amides is 1. The van der Waals surface area contributed by atoms with Crippen LogP contribution in [0.15, 0.2) is 5.10 Å². The molecule has 1 aliphatic rings. The van der Waals surface area contributed by atoms with Crippen LogP contribution in [0.1, 0.15) is 24.2 Å². The van der Waals surface area contributed by atoms with Gasteiger partial charge in [-0.3, -0.25) is 19.6 Å². The minimum absolute atomic E-state index is 0.00684. The number of halogens is 3. The number of aromatic nitrogens is 2. The van der Waals surface area contributed by atoms with E-state index in [9.17, 15) is 33.2 Å². The second-order valence-electron chi connectivity index (χ2n) is 5.27. The Morgan fingerprint density at radius 2 is 2.12 bits per heavy atom. The fourth-order valence-electron chi connectivity index (χ4n) is 2.42. The topological polar surface area (TPSA) is 114 Å². The van der Waals surface area contributed by atoms with Crippen molar-refractivity contribution in [3.63, 3.8) is 0 Å². The van der Waals surface area contributed by atoms with E-state index in [0.29, 0.717) is 0 Å². The summed E-state index contributed by atoms with van der Waals surface area (Å²) in [6, 6.07) is 0. The van der Waals surface area contributed by atoms with Gasteiger partial charge >= 0.3 is 11.9 Å². The number of hydrogen-bond donors (Lipinski definition) is 1. The van der Waals surface area contributed by atoms with Crippen molar-refractivity contribution in [1.29, 1.82) is 0 Å². The summed E-state index contributed by atoms with van der Waals surface area (Å²) in [7, 11) is 0. The Morgan fingerprint density at radius 3 is 2.62 bits per heavy atom. The molecule has 9 nitrogen and oxygen atoms in total. The maximum atomic E-state index is 12.9. The molecule has 0 aromatic carbocycles. The molecule has 0 unspecified atom stereocenters. The van der Waals surface area contributed by atoms with Crippen LogP contribution in [-0.2, 0) is 11.3 Å². The van der Waals surface area contributed by atoms with E-state index in [1.54, 1.807) is 0 Å². The number of hydrogen-bond acceptors (Lipinski definition) is 6. The Morgan fingerprint density at radius 1 is 1.50 bits per heavy atom. The maximum absolute atomic E-state index is 12.9. The molecule has 1 aromatic heterocycles.